The Balaban J connectivity index is 2.18. The SMILES string of the molecule is COc1cc(Cc2nn[nH]n2)ccc1CC(C)C. The van der Waals surface area contributed by atoms with Crippen LogP contribution in [0.25, 0.3) is 0 Å². The van der Waals surface area contributed by atoms with Gasteiger partial charge >= 0.3 is 0 Å². The molecule has 1 heterocycles. The molecule has 2 aromatic rings. The number of rotatable bonds is 5. The summed E-state index contributed by atoms with van der Waals surface area (Å²) in [7, 11) is 1.71. The van der Waals surface area contributed by atoms with Crippen LogP contribution < -0.4 is 4.74 Å². The minimum absolute atomic E-state index is 0.613. The lowest BCUT2D eigenvalue weighted by Gasteiger charge is -2.11. The van der Waals surface area contributed by atoms with E-state index in [1.807, 2.05) is 6.07 Å². The van der Waals surface area contributed by atoms with Crippen molar-refractivity contribution in [3.8, 4) is 5.75 Å². The predicted molar refractivity (Wildman–Crippen MR) is 68.5 cm³/mol. The van der Waals surface area contributed by atoms with Gasteiger partial charge < -0.3 is 4.74 Å². The smallest absolute Gasteiger partial charge is 0.178 e. The average Bonchev–Trinajstić information content (AvgIpc) is 2.83. The summed E-state index contributed by atoms with van der Waals surface area (Å²) in [6.45, 7) is 4.40. The summed E-state index contributed by atoms with van der Waals surface area (Å²) in [6.07, 6.45) is 1.68. The molecule has 0 amide bonds. The van der Waals surface area contributed by atoms with E-state index in [-0.39, 0.29) is 0 Å². The molecule has 0 aliphatic carbocycles. The number of ether oxygens (including phenoxy) is 1. The molecule has 0 aliphatic rings. The Morgan fingerprint density at radius 2 is 2.17 bits per heavy atom. The molecule has 0 unspecified atom stereocenters. The molecule has 0 spiro atoms. The highest BCUT2D eigenvalue weighted by Gasteiger charge is 2.08. The summed E-state index contributed by atoms with van der Waals surface area (Å²) in [6, 6.07) is 6.26. The van der Waals surface area contributed by atoms with E-state index in [1.165, 1.54) is 5.56 Å². The van der Waals surface area contributed by atoms with Crippen molar-refractivity contribution in [2.24, 2.45) is 5.92 Å². The van der Waals surface area contributed by atoms with E-state index in [1.54, 1.807) is 7.11 Å². The van der Waals surface area contributed by atoms with Crippen LogP contribution >= 0.6 is 0 Å². The van der Waals surface area contributed by atoms with Gasteiger partial charge in [-0.05, 0) is 29.5 Å². The summed E-state index contributed by atoms with van der Waals surface area (Å²) >= 11 is 0. The lowest BCUT2D eigenvalue weighted by atomic mass is 9.99. The summed E-state index contributed by atoms with van der Waals surface area (Å²) in [4.78, 5) is 0. The van der Waals surface area contributed by atoms with Gasteiger partial charge in [0.1, 0.15) is 5.75 Å². The van der Waals surface area contributed by atoms with E-state index in [0.717, 1.165) is 17.7 Å². The van der Waals surface area contributed by atoms with Crippen molar-refractivity contribution < 1.29 is 4.74 Å². The van der Waals surface area contributed by atoms with Gasteiger partial charge in [-0.3, -0.25) is 0 Å². The third-order valence-electron chi connectivity index (χ3n) is 2.73. The Kier molecular flexibility index (Phi) is 3.92. The van der Waals surface area contributed by atoms with Gasteiger partial charge in [-0.2, -0.15) is 5.21 Å². The number of hydrogen-bond donors (Lipinski definition) is 1. The standard InChI is InChI=1S/C13H18N4O/c1-9(2)6-11-5-4-10(7-12(11)18-3)8-13-14-16-17-15-13/h4-5,7,9H,6,8H2,1-3H3,(H,14,15,16,17). The molecule has 1 aromatic carbocycles. The zero-order valence-electron chi connectivity index (χ0n) is 11.0. The van der Waals surface area contributed by atoms with Crippen LogP contribution in [0.5, 0.6) is 5.75 Å². The van der Waals surface area contributed by atoms with E-state index >= 15 is 0 Å². The number of hydrogen-bond acceptors (Lipinski definition) is 4. The molecule has 0 saturated carbocycles. The average molecular weight is 246 g/mol. The maximum Gasteiger partial charge on any atom is 0.178 e. The maximum absolute atomic E-state index is 5.44. The second kappa shape index (κ2) is 5.62. The fraction of sp³-hybridized carbons (Fsp3) is 0.462. The van der Waals surface area contributed by atoms with Crippen LogP contribution in [0.1, 0.15) is 30.8 Å². The van der Waals surface area contributed by atoms with Gasteiger partial charge in [-0.15, -0.1) is 10.2 Å². The van der Waals surface area contributed by atoms with E-state index in [4.69, 9.17) is 4.74 Å². The van der Waals surface area contributed by atoms with Crippen LogP contribution in [0.2, 0.25) is 0 Å². The number of tetrazole rings is 1. The Labute approximate surface area is 107 Å². The Morgan fingerprint density at radius 3 is 2.78 bits per heavy atom. The molecule has 0 bridgehead atoms. The molecule has 1 aromatic heterocycles. The molecule has 0 saturated heterocycles. The first kappa shape index (κ1) is 12.5. The summed E-state index contributed by atoms with van der Waals surface area (Å²) in [5.74, 6) is 2.24. The van der Waals surface area contributed by atoms with Gasteiger partial charge in [0.05, 0.1) is 7.11 Å². The minimum Gasteiger partial charge on any atom is -0.496 e. The number of benzene rings is 1. The van der Waals surface area contributed by atoms with Crippen LogP contribution in [0.4, 0.5) is 0 Å². The van der Waals surface area contributed by atoms with E-state index < -0.39 is 0 Å². The van der Waals surface area contributed by atoms with E-state index in [0.29, 0.717) is 18.2 Å². The Morgan fingerprint density at radius 1 is 1.33 bits per heavy atom. The molecular formula is C13H18N4O. The van der Waals surface area contributed by atoms with Gasteiger partial charge in [-0.1, -0.05) is 31.2 Å². The van der Waals surface area contributed by atoms with E-state index in [2.05, 4.69) is 46.6 Å². The highest BCUT2D eigenvalue weighted by Crippen LogP contribution is 2.23. The summed E-state index contributed by atoms with van der Waals surface area (Å²) in [5.41, 5.74) is 2.37. The fourth-order valence-electron chi connectivity index (χ4n) is 1.95. The number of H-pyrrole nitrogens is 1. The molecule has 0 aliphatic heterocycles. The predicted octanol–water partition coefficient (Wildman–Crippen LogP) is 2.00. The second-order valence-electron chi connectivity index (χ2n) is 4.75. The van der Waals surface area contributed by atoms with Crippen molar-refractivity contribution >= 4 is 0 Å². The van der Waals surface area contributed by atoms with Gasteiger partial charge in [0.25, 0.3) is 0 Å². The van der Waals surface area contributed by atoms with Crippen LogP contribution in [0.3, 0.4) is 0 Å². The molecule has 18 heavy (non-hydrogen) atoms. The van der Waals surface area contributed by atoms with Crippen molar-refractivity contribution in [2.45, 2.75) is 26.7 Å². The molecule has 5 nitrogen and oxygen atoms in total. The third kappa shape index (κ3) is 3.06. The zero-order valence-corrected chi connectivity index (χ0v) is 11.0. The molecule has 0 radical (unpaired) electrons. The first-order valence-electron chi connectivity index (χ1n) is 6.07. The number of nitrogens with one attached hydrogen (secondary N) is 1. The lowest BCUT2D eigenvalue weighted by molar-refractivity contribution is 0.406. The summed E-state index contributed by atoms with van der Waals surface area (Å²) < 4.78 is 5.44. The topological polar surface area (TPSA) is 63.7 Å². The highest BCUT2D eigenvalue weighted by molar-refractivity contribution is 5.38. The minimum atomic E-state index is 0.613. The molecule has 96 valence electrons. The van der Waals surface area contributed by atoms with Crippen LogP contribution in [0.15, 0.2) is 18.2 Å². The number of methoxy groups -OCH3 is 1. The normalized spacial score (nSPS) is 10.9. The largest absolute Gasteiger partial charge is 0.496 e. The first-order valence-corrected chi connectivity index (χ1v) is 6.07. The monoisotopic (exact) mass is 246 g/mol. The van der Waals surface area contributed by atoms with Gasteiger partial charge in [0, 0.05) is 6.42 Å². The van der Waals surface area contributed by atoms with Crippen molar-refractivity contribution in [1.82, 2.24) is 20.6 Å². The Hall–Kier alpha value is -1.91. The van der Waals surface area contributed by atoms with Crippen molar-refractivity contribution in [3.63, 3.8) is 0 Å². The van der Waals surface area contributed by atoms with Crippen molar-refractivity contribution in [1.29, 1.82) is 0 Å². The zero-order chi connectivity index (χ0) is 13.0. The number of aromatic amines is 1. The Bertz CT molecular complexity index is 494. The van der Waals surface area contributed by atoms with Crippen LogP contribution in [-0.4, -0.2) is 27.7 Å². The van der Waals surface area contributed by atoms with Crippen LogP contribution in [-0.2, 0) is 12.8 Å². The molecule has 0 fully saturated rings. The lowest BCUT2D eigenvalue weighted by Crippen LogP contribution is -2.00. The molecule has 5 heteroatoms. The van der Waals surface area contributed by atoms with Crippen molar-refractivity contribution in [3.05, 3.63) is 35.2 Å². The van der Waals surface area contributed by atoms with Gasteiger partial charge in [-0.25, -0.2) is 0 Å². The second-order valence-corrected chi connectivity index (χ2v) is 4.75. The van der Waals surface area contributed by atoms with Gasteiger partial charge in [0.2, 0.25) is 0 Å². The fourth-order valence-corrected chi connectivity index (χ4v) is 1.95. The summed E-state index contributed by atoms with van der Waals surface area (Å²) in [5, 5.41) is 13.9. The third-order valence-corrected chi connectivity index (χ3v) is 2.73. The molecule has 2 rings (SSSR count). The van der Waals surface area contributed by atoms with Crippen LogP contribution in [0, 0.1) is 5.92 Å². The maximum atomic E-state index is 5.44. The highest BCUT2D eigenvalue weighted by atomic mass is 16.5. The molecular weight excluding hydrogens is 228 g/mol. The number of nitrogens with zero attached hydrogens (tertiary/aromatic N) is 3. The number of aromatic nitrogens is 4. The van der Waals surface area contributed by atoms with Gasteiger partial charge in [0.15, 0.2) is 5.82 Å². The quantitative estimate of drug-likeness (QED) is 0.876. The molecule has 1 N–H and O–H groups in total. The van der Waals surface area contributed by atoms with Crippen molar-refractivity contribution in [2.75, 3.05) is 7.11 Å². The first-order chi connectivity index (χ1) is 8.69. The molecule has 0 atom stereocenters. The van der Waals surface area contributed by atoms with E-state index in [9.17, 15) is 0 Å².